The average molecular weight is 392 g/mol. The molecule has 0 rings (SSSR count). The van der Waals surface area contributed by atoms with Crippen molar-refractivity contribution in [1.82, 2.24) is 9.62 Å². The molecule has 0 aliphatic rings. The molecule has 0 aromatic carbocycles. The predicted molar refractivity (Wildman–Crippen MR) is 79.0 cm³/mol. The van der Waals surface area contributed by atoms with Gasteiger partial charge in [0.15, 0.2) is 0 Å². The number of hydrogen-bond donors (Lipinski definition) is 1. The molecule has 0 saturated heterocycles. The zero-order chi connectivity index (χ0) is 14.4. The molecule has 0 aliphatic heterocycles. The molecule has 0 radical (unpaired) electrons. The third-order valence-electron chi connectivity index (χ3n) is 1.81. The molecule has 0 saturated carbocycles. The normalized spacial score (nSPS) is 12.6. The Hall–Kier alpha value is -0.0900. The number of alkyl carbamates (subject to hydrolysis) is 1. The number of amides is 1. The van der Waals surface area contributed by atoms with E-state index in [4.69, 9.17) is 4.74 Å². The van der Waals surface area contributed by atoms with Crippen molar-refractivity contribution in [3.8, 4) is 0 Å². The standard InChI is InChI=1S/C10H21IN2O4S/c1-5-7-13(18(11,15)16)8-6-12-9(14)17-10(2,3)4/h5-8H2,1-4H3,(H,12,14). The van der Waals surface area contributed by atoms with Gasteiger partial charge in [-0.05, 0) is 27.2 Å². The van der Waals surface area contributed by atoms with E-state index < -0.39 is 18.9 Å². The molecule has 1 N–H and O–H groups in total. The summed E-state index contributed by atoms with van der Waals surface area (Å²) in [4.78, 5) is 11.3. The average Bonchev–Trinajstić information content (AvgIpc) is 2.11. The minimum absolute atomic E-state index is 0.233. The van der Waals surface area contributed by atoms with Crippen LogP contribution in [0.5, 0.6) is 0 Å². The van der Waals surface area contributed by atoms with Crippen LogP contribution in [0.2, 0.25) is 0 Å². The van der Waals surface area contributed by atoms with E-state index in [1.54, 1.807) is 20.8 Å². The zero-order valence-electron chi connectivity index (χ0n) is 11.2. The van der Waals surface area contributed by atoms with Gasteiger partial charge >= 0.3 is 6.09 Å². The van der Waals surface area contributed by atoms with Gasteiger partial charge < -0.3 is 10.1 Å². The van der Waals surface area contributed by atoms with Gasteiger partial charge in [-0.15, -0.1) is 0 Å². The Balaban J connectivity index is 4.12. The predicted octanol–water partition coefficient (Wildman–Crippen LogP) is 1.90. The van der Waals surface area contributed by atoms with Gasteiger partial charge in [-0.1, -0.05) is 6.92 Å². The molecule has 0 aliphatic carbocycles. The Morgan fingerprint density at radius 2 is 1.89 bits per heavy atom. The van der Waals surface area contributed by atoms with E-state index >= 15 is 0 Å². The van der Waals surface area contributed by atoms with Crippen molar-refractivity contribution >= 4 is 34.5 Å². The second-order valence-corrected chi connectivity index (χ2v) is 9.45. The molecular weight excluding hydrogens is 371 g/mol. The number of rotatable bonds is 6. The van der Waals surface area contributed by atoms with E-state index in [-0.39, 0.29) is 13.1 Å². The summed E-state index contributed by atoms with van der Waals surface area (Å²) < 4.78 is 29.2. The fourth-order valence-corrected chi connectivity index (χ4v) is 3.07. The molecule has 0 spiro atoms. The van der Waals surface area contributed by atoms with Gasteiger partial charge in [-0.2, -0.15) is 4.31 Å². The summed E-state index contributed by atoms with van der Waals surface area (Å²) in [5, 5.41) is 2.53. The van der Waals surface area contributed by atoms with Crippen molar-refractivity contribution in [2.75, 3.05) is 19.6 Å². The van der Waals surface area contributed by atoms with E-state index in [0.717, 1.165) is 6.42 Å². The lowest BCUT2D eigenvalue weighted by Crippen LogP contribution is -2.39. The maximum absolute atomic E-state index is 11.4. The quantitative estimate of drug-likeness (QED) is 0.554. The lowest BCUT2D eigenvalue weighted by Gasteiger charge is -2.21. The molecule has 0 atom stereocenters. The molecule has 18 heavy (non-hydrogen) atoms. The highest BCUT2D eigenvalue weighted by molar-refractivity contribution is 14.2. The summed E-state index contributed by atoms with van der Waals surface area (Å²) >= 11 is 1.40. The Morgan fingerprint density at radius 1 is 1.33 bits per heavy atom. The number of carbonyl (C=O) groups excluding carboxylic acids is 1. The highest BCUT2D eigenvalue weighted by atomic mass is 127. The topological polar surface area (TPSA) is 75.7 Å². The van der Waals surface area contributed by atoms with E-state index in [9.17, 15) is 13.2 Å². The second kappa shape index (κ2) is 7.49. The maximum Gasteiger partial charge on any atom is 0.407 e. The minimum atomic E-state index is -3.25. The molecule has 108 valence electrons. The zero-order valence-corrected chi connectivity index (χ0v) is 14.2. The van der Waals surface area contributed by atoms with E-state index in [1.807, 2.05) is 6.92 Å². The fraction of sp³-hybridized carbons (Fsp3) is 0.900. The summed E-state index contributed by atoms with van der Waals surface area (Å²) in [5.74, 6) is 0. The second-order valence-electron chi connectivity index (χ2n) is 4.77. The molecule has 0 fully saturated rings. The maximum atomic E-state index is 11.4. The molecule has 0 bridgehead atoms. The molecule has 0 heterocycles. The van der Waals surface area contributed by atoms with Crippen LogP contribution in [-0.2, 0) is 11.9 Å². The Labute approximate surface area is 121 Å². The molecule has 0 aromatic rings. The third-order valence-corrected chi connectivity index (χ3v) is 4.46. The number of halogens is 1. The van der Waals surface area contributed by atoms with Gasteiger partial charge in [0.1, 0.15) is 5.60 Å². The fourth-order valence-electron chi connectivity index (χ4n) is 1.18. The summed E-state index contributed by atoms with van der Waals surface area (Å²) in [6.45, 7) is 8.13. The summed E-state index contributed by atoms with van der Waals surface area (Å²) in [7, 11) is -3.25. The van der Waals surface area contributed by atoms with Crippen molar-refractivity contribution in [1.29, 1.82) is 0 Å². The molecule has 0 aromatic heterocycles. The summed E-state index contributed by atoms with van der Waals surface area (Å²) in [5.41, 5.74) is -0.553. The summed E-state index contributed by atoms with van der Waals surface area (Å²) in [6, 6.07) is 0. The van der Waals surface area contributed by atoms with Crippen LogP contribution in [0, 0.1) is 0 Å². The van der Waals surface area contributed by atoms with Crippen molar-refractivity contribution in [2.45, 2.75) is 39.7 Å². The number of ether oxygens (including phenoxy) is 1. The Bertz CT molecular complexity index is 365. The van der Waals surface area contributed by atoms with Crippen molar-refractivity contribution in [3.05, 3.63) is 0 Å². The lowest BCUT2D eigenvalue weighted by molar-refractivity contribution is 0.0525. The first kappa shape index (κ1) is 17.9. The van der Waals surface area contributed by atoms with Gasteiger partial charge in [0, 0.05) is 19.6 Å². The minimum Gasteiger partial charge on any atom is -0.444 e. The van der Waals surface area contributed by atoms with Crippen molar-refractivity contribution in [2.24, 2.45) is 0 Å². The largest absolute Gasteiger partial charge is 0.444 e. The van der Waals surface area contributed by atoms with Crippen LogP contribution in [0.1, 0.15) is 34.1 Å². The van der Waals surface area contributed by atoms with Gasteiger partial charge in [-0.3, -0.25) is 0 Å². The number of nitrogens with zero attached hydrogens (tertiary/aromatic N) is 1. The highest BCUT2D eigenvalue weighted by Gasteiger charge is 2.19. The van der Waals surface area contributed by atoms with Crippen LogP contribution in [0.25, 0.3) is 0 Å². The monoisotopic (exact) mass is 392 g/mol. The molecule has 1 amide bonds. The van der Waals surface area contributed by atoms with Crippen LogP contribution < -0.4 is 5.32 Å². The Morgan fingerprint density at radius 3 is 2.28 bits per heavy atom. The van der Waals surface area contributed by atoms with Gasteiger partial charge in [0.25, 0.3) is 7.19 Å². The van der Waals surface area contributed by atoms with E-state index in [0.29, 0.717) is 6.54 Å². The molecule has 0 unspecified atom stereocenters. The van der Waals surface area contributed by atoms with Crippen LogP contribution in [0.4, 0.5) is 4.79 Å². The van der Waals surface area contributed by atoms with Gasteiger partial charge in [0.05, 0.1) is 21.2 Å². The van der Waals surface area contributed by atoms with E-state index in [2.05, 4.69) is 5.32 Å². The number of carbonyl (C=O) groups is 1. The van der Waals surface area contributed by atoms with Gasteiger partial charge in [0.2, 0.25) is 0 Å². The van der Waals surface area contributed by atoms with Crippen molar-refractivity contribution < 1.29 is 17.9 Å². The number of hydrogen-bond acceptors (Lipinski definition) is 4. The first-order valence-corrected chi connectivity index (χ1v) is 9.71. The highest BCUT2D eigenvalue weighted by Crippen LogP contribution is 2.10. The van der Waals surface area contributed by atoms with Crippen LogP contribution in [0.15, 0.2) is 0 Å². The smallest absolute Gasteiger partial charge is 0.407 e. The molecular formula is C10H21IN2O4S. The summed E-state index contributed by atoms with van der Waals surface area (Å²) in [6.07, 6.45) is 0.194. The van der Waals surface area contributed by atoms with E-state index in [1.165, 1.54) is 25.5 Å². The lowest BCUT2D eigenvalue weighted by atomic mass is 10.2. The SMILES string of the molecule is CCCN(CCNC(=O)OC(C)(C)C)S(=O)(=O)I. The first-order valence-electron chi connectivity index (χ1n) is 5.73. The first-order chi connectivity index (χ1) is 8.06. The van der Waals surface area contributed by atoms with Crippen molar-refractivity contribution in [3.63, 3.8) is 0 Å². The van der Waals surface area contributed by atoms with Crippen LogP contribution in [-0.4, -0.2) is 44.1 Å². The van der Waals surface area contributed by atoms with Crippen LogP contribution >= 0.6 is 21.2 Å². The van der Waals surface area contributed by atoms with Gasteiger partial charge in [-0.25, -0.2) is 13.2 Å². The Kier molecular flexibility index (Phi) is 7.45. The number of nitrogens with one attached hydrogen (secondary N) is 1. The third kappa shape index (κ3) is 8.92. The molecule has 6 nitrogen and oxygen atoms in total. The van der Waals surface area contributed by atoms with Crippen LogP contribution in [0.3, 0.4) is 0 Å². The molecule has 8 heteroatoms.